The lowest BCUT2D eigenvalue weighted by Gasteiger charge is -2.30. The maximum absolute atomic E-state index is 6.09. The molecular formula is C18H29NO. The highest BCUT2D eigenvalue weighted by Crippen LogP contribution is 2.43. The number of fused-ring (bicyclic) bond motifs is 1. The first-order valence-corrected chi connectivity index (χ1v) is 7.94. The highest BCUT2D eigenvalue weighted by atomic mass is 16.5. The van der Waals surface area contributed by atoms with E-state index in [0.29, 0.717) is 6.04 Å². The minimum Gasteiger partial charge on any atom is -0.486 e. The molecule has 0 bridgehead atoms. The number of ether oxygens (including phenoxy) is 1. The van der Waals surface area contributed by atoms with E-state index in [4.69, 9.17) is 4.74 Å². The Hall–Kier alpha value is -1.02. The minimum atomic E-state index is -0.171. The van der Waals surface area contributed by atoms with Crippen LogP contribution in [0.4, 0.5) is 0 Å². The molecule has 1 aliphatic heterocycles. The summed E-state index contributed by atoms with van der Waals surface area (Å²) in [5, 5.41) is 3.77. The van der Waals surface area contributed by atoms with Crippen LogP contribution in [0.15, 0.2) is 24.3 Å². The smallest absolute Gasteiger partial charge is 0.125 e. The van der Waals surface area contributed by atoms with Gasteiger partial charge in [0.05, 0.1) is 6.04 Å². The van der Waals surface area contributed by atoms with Gasteiger partial charge in [0.25, 0.3) is 0 Å². The van der Waals surface area contributed by atoms with Gasteiger partial charge < -0.3 is 10.1 Å². The molecule has 20 heavy (non-hydrogen) atoms. The second kappa shape index (κ2) is 6.17. The largest absolute Gasteiger partial charge is 0.486 e. The van der Waals surface area contributed by atoms with Gasteiger partial charge >= 0.3 is 0 Å². The van der Waals surface area contributed by atoms with Crippen LogP contribution in [0.2, 0.25) is 0 Å². The molecule has 112 valence electrons. The highest BCUT2D eigenvalue weighted by Gasteiger charge is 2.41. The molecule has 0 saturated heterocycles. The Morgan fingerprint density at radius 1 is 1.15 bits per heavy atom. The van der Waals surface area contributed by atoms with Crippen molar-refractivity contribution < 1.29 is 4.74 Å². The topological polar surface area (TPSA) is 21.3 Å². The van der Waals surface area contributed by atoms with E-state index in [1.807, 2.05) is 6.07 Å². The first-order chi connectivity index (χ1) is 9.40. The predicted octanol–water partition coefficient (Wildman–Crippen LogP) is 4.70. The van der Waals surface area contributed by atoms with Gasteiger partial charge in [-0.25, -0.2) is 0 Å². The quantitative estimate of drug-likeness (QED) is 0.812. The van der Waals surface area contributed by atoms with E-state index < -0.39 is 0 Å². The van der Waals surface area contributed by atoms with Gasteiger partial charge in [0.15, 0.2) is 0 Å². The fourth-order valence-corrected chi connectivity index (χ4v) is 3.02. The van der Waals surface area contributed by atoms with Crippen LogP contribution in [-0.4, -0.2) is 11.6 Å². The Morgan fingerprint density at radius 3 is 2.55 bits per heavy atom. The summed E-state index contributed by atoms with van der Waals surface area (Å²) in [6, 6.07) is 9.20. The van der Waals surface area contributed by atoms with Crippen LogP contribution < -0.4 is 10.1 Å². The monoisotopic (exact) mass is 275 g/mol. The van der Waals surface area contributed by atoms with Crippen molar-refractivity contribution in [2.75, 3.05) is 0 Å². The fraction of sp³-hybridized carbons (Fsp3) is 0.667. The standard InChI is InChI=1S/C18H29NO/c1-13(2)9-8-10-14(3)19-17-15-11-6-7-12-16(15)20-18(17,4)5/h6-7,11-14,17,19H,8-10H2,1-5H3. The minimum absolute atomic E-state index is 0.171. The molecule has 0 fully saturated rings. The van der Waals surface area contributed by atoms with Gasteiger partial charge in [-0.05, 0) is 39.2 Å². The first kappa shape index (κ1) is 15.4. The molecule has 1 aliphatic rings. The number of rotatable bonds is 6. The van der Waals surface area contributed by atoms with E-state index in [0.717, 1.165) is 11.7 Å². The van der Waals surface area contributed by atoms with E-state index in [-0.39, 0.29) is 11.6 Å². The third-order valence-corrected chi connectivity index (χ3v) is 4.17. The molecule has 1 heterocycles. The SMILES string of the molecule is CC(C)CCCC(C)NC1c2ccccc2OC1(C)C. The lowest BCUT2D eigenvalue weighted by atomic mass is 9.93. The molecule has 1 aromatic rings. The summed E-state index contributed by atoms with van der Waals surface area (Å²) >= 11 is 0. The molecule has 2 heteroatoms. The van der Waals surface area contributed by atoms with Crippen molar-refractivity contribution >= 4 is 0 Å². The van der Waals surface area contributed by atoms with Crippen LogP contribution >= 0.6 is 0 Å². The number of hydrogen-bond donors (Lipinski definition) is 1. The molecule has 0 spiro atoms. The molecule has 2 atom stereocenters. The molecule has 2 nitrogen and oxygen atoms in total. The van der Waals surface area contributed by atoms with Crippen molar-refractivity contribution in [2.45, 2.75) is 71.6 Å². The van der Waals surface area contributed by atoms with E-state index >= 15 is 0 Å². The third-order valence-electron chi connectivity index (χ3n) is 4.17. The zero-order valence-corrected chi connectivity index (χ0v) is 13.6. The molecule has 1 N–H and O–H groups in total. The van der Waals surface area contributed by atoms with Gasteiger partial charge in [-0.1, -0.05) is 44.9 Å². The molecule has 0 radical (unpaired) electrons. The first-order valence-electron chi connectivity index (χ1n) is 7.94. The van der Waals surface area contributed by atoms with E-state index in [1.54, 1.807) is 0 Å². The van der Waals surface area contributed by atoms with Gasteiger partial charge in [0, 0.05) is 11.6 Å². The van der Waals surface area contributed by atoms with Gasteiger partial charge in [0.2, 0.25) is 0 Å². The van der Waals surface area contributed by atoms with Crippen LogP contribution in [-0.2, 0) is 0 Å². The zero-order chi connectivity index (χ0) is 14.8. The molecule has 2 rings (SSSR count). The maximum atomic E-state index is 6.09. The molecule has 0 aromatic heterocycles. The van der Waals surface area contributed by atoms with Crippen LogP contribution in [0, 0.1) is 5.92 Å². The van der Waals surface area contributed by atoms with E-state index in [1.165, 1.54) is 24.8 Å². The molecule has 0 aliphatic carbocycles. The van der Waals surface area contributed by atoms with Crippen LogP contribution in [0.5, 0.6) is 5.75 Å². The third kappa shape index (κ3) is 3.54. The summed E-state index contributed by atoms with van der Waals surface area (Å²) in [5.41, 5.74) is 1.13. The molecule has 0 amide bonds. The van der Waals surface area contributed by atoms with E-state index in [2.05, 4.69) is 58.1 Å². The summed E-state index contributed by atoms with van der Waals surface area (Å²) in [6.07, 6.45) is 3.83. The summed E-state index contributed by atoms with van der Waals surface area (Å²) in [7, 11) is 0. The summed E-state index contributed by atoms with van der Waals surface area (Å²) in [5.74, 6) is 1.83. The lowest BCUT2D eigenvalue weighted by molar-refractivity contribution is 0.0911. The number of nitrogens with one attached hydrogen (secondary N) is 1. The highest BCUT2D eigenvalue weighted by molar-refractivity contribution is 5.42. The van der Waals surface area contributed by atoms with Crippen molar-refractivity contribution in [3.05, 3.63) is 29.8 Å². The zero-order valence-electron chi connectivity index (χ0n) is 13.6. The molecule has 2 unspecified atom stereocenters. The summed E-state index contributed by atoms with van der Waals surface area (Å²) < 4.78 is 6.09. The Bertz CT molecular complexity index is 439. The Kier molecular flexibility index (Phi) is 4.74. The molecule has 1 aromatic carbocycles. The normalized spacial score (nSPS) is 21.6. The Balaban J connectivity index is 1.97. The average Bonchev–Trinajstić information content (AvgIpc) is 2.60. The second-order valence-corrected chi connectivity index (χ2v) is 7.07. The summed E-state index contributed by atoms with van der Waals surface area (Å²) in [4.78, 5) is 0. The number of hydrogen-bond acceptors (Lipinski definition) is 2. The predicted molar refractivity (Wildman–Crippen MR) is 85.2 cm³/mol. The van der Waals surface area contributed by atoms with Crippen molar-refractivity contribution in [2.24, 2.45) is 5.92 Å². The fourth-order valence-electron chi connectivity index (χ4n) is 3.02. The second-order valence-electron chi connectivity index (χ2n) is 7.07. The van der Waals surface area contributed by atoms with Crippen LogP contribution in [0.3, 0.4) is 0 Å². The number of para-hydroxylation sites is 1. The molecule has 0 saturated carbocycles. The molecular weight excluding hydrogens is 246 g/mol. The van der Waals surface area contributed by atoms with Crippen molar-refractivity contribution in [3.63, 3.8) is 0 Å². The van der Waals surface area contributed by atoms with Crippen molar-refractivity contribution in [3.8, 4) is 5.75 Å². The average molecular weight is 275 g/mol. The summed E-state index contributed by atoms with van der Waals surface area (Å²) in [6.45, 7) is 11.2. The van der Waals surface area contributed by atoms with Crippen LogP contribution in [0.25, 0.3) is 0 Å². The Morgan fingerprint density at radius 2 is 1.85 bits per heavy atom. The van der Waals surface area contributed by atoms with Crippen molar-refractivity contribution in [1.82, 2.24) is 5.32 Å². The van der Waals surface area contributed by atoms with Crippen LogP contribution in [0.1, 0.15) is 65.5 Å². The maximum Gasteiger partial charge on any atom is 0.125 e. The lowest BCUT2D eigenvalue weighted by Crippen LogP contribution is -2.42. The Labute approximate surface area is 123 Å². The van der Waals surface area contributed by atoms with E-state index in [9.17, 15) is 0 Å². The van der Waals surface area contributed by atoms with Gasteiger partial charge in [-0.15, -0.1) is 0 Å². The van der Waals surface area contributed by atoms with Gasteiger partial charge in [0.1, 0.15) is 11.4 Å². The van der Waals surface area contributed by atoms with Gasteiger partial charge in [-0.3, -0.25) is 0 Å². The van der Waals surface area contributed by atoms with Gasteiger partial charge in [-0.2, -0.15) is 0 Å². The van der Waals surface area contributed by atoms with Crippen molar-refractivity contribution in [1.29, 1.82) is 0 Å². The number of benzene rings is 1.